The number of fused-ring (bicyclic) bond motifs is 5. The third-order valence-corrected chi connectivity index (χ3v) is 9.83. The fraction of sp³-hybridized carbons (Fsp3) is 0. The normalized spacial score (nSPS) is 11.5. The molecule has 0 bridgehead atoms. The maximum absolute atomic E-state index is 6.56. The van der Waals surface area contributed by atoms with E-state index < -0.39 is 0 Å². The van der Waals surface area contributed by atoms with Crippen molar-refractivity contribution < 1.29 is 4.42 Å². The molecule has 0 N–H and O–H groups in total. The van der Waals surface area contributed by atoms with Crippen molar-refractivity contribution in [3.63, 3.8) is 0 Å². The van der Waals surface area contributed by atoms with Gasteiger partial charge in [0.05, 0.1) is 11.4 Å². The van der Waals surface area contributed by atoms with Gasteiger partial charge in [-0.1, -0.05) is 140 Å². The summed E-state index contributed by atoms with van der Waals surface area (Å²) in [5.41, 5.74) is 10.9. The van der Waals surface area contributed by atoms with Crippen LogP contribution in [0, 0.1) is 0 Å². The molecule has 10 rings (SSSR count). The summed E-state index contributed by atoms with van der Waals surface area (Å²) >= 11 is 0. The highest BCUT2D eigenvalue weighted by Gasteiger charge is 2.18. The highest BCUT2D eigenvalue weighted by molar-refractivity contribution is 6.14. The van der Waals surface area contributed by atoms with E-state index in [0.717, 1.165) is 72.1 Å². The van der Waals surface area contributed by atoms with Gasteiger partial charge >= 0.3 is 0 Å². The van der Waals surface area contributed by atoms with Crippen LogP contribution >= 0.6 is 0 Å². The molecule has 0 aliphatic rings. The molecule has 3 heteroatoms. The molecule has 0 aliphatic heterocycles. The summed E-state index contributed by atoms with van der Waals surface area (Å²) in [4.78, 5) is 10.5. The van der Waals surface area contributed by atoms with E-state index in [1.807, 2.05) is 18.2 Å². The van der Waals surface area contributed by atoms with E-state index in [9.17, 15) is 0 Å². The Bertz CT molecular complexity index is 2920. The molecule has 0 saturated heterocycles. The molecule has 238 valence electrons. The topological polar surface area (TPSA) is 38.9 Å². The molecule has 0 saturated carbocycles. The predicted molar refractivity (Wildman–Crippen MR) is 212 cm³/mol. The lowest BCUT2D eigenvalue weighted by Crippen LogP contribution is -1.96. The second-order valence-electron chi connectivity index (χ2n) is 13.0. The van der Waals surface area contributed by atoms with Crippen LogP contribution in [0.15, 0.2) is 186 Å². The van der Waals surface area contributed by atoms with E-state index in [1.165, 1.54) is 21.7 Å². The predicted octanol–water partition coefficient (Wildman–Crippen LogP) is 13.0. The summed E-state index contributed by atoms with van der Waals surface area (Å²) in [6.45, 7) is 0. The Balaban J connectivity index is 1.22. The largest absolute Gasteiger partial charge is 0.456 e. The van der Waals surface area contributed by atoms with Crippen molar-refractivity contribution in [2.24, 2.45) is 0 Å². The van der Waals surface area contributed by atoms with E-state index in [4.69, 9.17) is 14.4 Å². The zero-order valence-corrected chi connectivity index (χ0v) is 27.6. The Morgan fingerprint density at radius 3 is 1.73 bits per heavy atom. The van der Waals surface area contributed by atoms with Gasteiger partial charge in [0.1, 0.15) is 11.2 Å². The lowest BCUT2D eigenvalue weighted by atomic mass is 9.94. The van der Waals surface area contributed by atoms with Crippen LogP contribution < -0.4 is 0 Å². The molecule has 2 heterocycles. The first kappa shape index (κ1) is 29.1. The van der Waals surface area contributed by atoms with Crippen LogP contribution in [-0.4, -0.2) is 9.97 Å². The lowest BCUT2D eigenvalue weighted by molar-refractivity contribution is 0.669. The fourth-order valence-corrected chi connectivity index (χ4v) is 7.28. The van der Waals surface area contributed by atoms with Crippen molar-refractivity contribution in [2.75, 3.05) is 0 Å². The number of hydrogen-bond acceptors (Lipinski definition) is 3. The molecular weight excluding hydrogens is 621 g/mol. The van der Waals surface area contributed by atoms with E-state index >= 15 is 0 Å². The van der Waals surface area contributed by atoms with Gasteiger partial charge in [-0.05, 0) is 86.3 Å². The van der Waals surface area contributed by atoms with E-state index in [-0.39, 0.29) is 0 Å². The molecule has 0 spiro atoms. The molecule has 3 nitrogen and oxygen atoms in total. The summed E-state index contributed by atoms with van der Waals surface area (Å²) in [5.74, 6) is 0.676. The first-order valence-electron chi connectivity index (χ1n) is 17.2. The lowest BCUT2D eigenvalue weighted by Gasteiger charge is -2.13. The molecule has 0 amide bonds. The summed E-state index contributed by atoms with van der Waals surface area (Å²) < 4.78 is 6.56. The standard InChI is InChI=1S/C48H30N2O/c1-2-11-31(12-3-1)36-17-10-18-38(26-36)43-30-44(50-48(49-43)39-24-22-33-14-5-7-16-35(33)27-39)40-28-42(37-23-21-32-13-4-6-15-34(32)25-37)47-41-19-8-9-20-45(41)51-46(47)29-40/h1-30H. The van der Waals surface area contributed by atoms with Crippen LogP contribution in [0.3, 0.4) is 0 Å². The van der Waals surface area contributed by atoms with E-state index in [2.05, 4.69) is 164 Å². The minimum absolute atomic E-state index is 0.676. The molecular formula is C48H30N2O. The molecule has 0 aliphatic carbocycles. The first-order valence-corrected chi connectivity index (χ1v) is 17.2. The van der Waals surface area contributed by atoms with Crippen LogP contribution in [-0.2, 0) is 0 Å². The van der Waals surface area contributed by atoms with Gasteiger partial charge in [0.2, 0.25) is 0 Å². The van der Waals surface area contributed by atoms with Crippen LogP contribution in [0.1, 0.15) is 0 Å². The number of rotatable bonds is 5. The minimum atomic E-state index is 0.676. The molecule has 0 radical (unpaired) electrons. The van der Waals surface area contributed by atoms with Crippen molar-refractivity contribution in [1.29, 1.82) is 0 Å². The van der Waals surface area contributed by atoms with E-state index in [0.29, 0.717) is 5.82 Å². The Hall–Kier alpha value is -6.84. The quantitative estimate of drug-likeness (QED) is 0.186. The molecule has 0 atom stereocenters. The molecule has 51 heavy (non-hydrogen) atoms. The Morgan fingerprint density at radius 2 is 0.941 bits per heavy atom. The summed E-state index contributed by atoms with van der Waals surface area (Å²) in [6.07, 6.45) is 0. The zero-order valence-electron chi connectivity index (χ0n) is 27.6. The van der Waals surface area contributed by atoms with Crippen LogP contribution in [0.25, 0.3) is 99.6 Å². The monoisotopic (exact) mass is 650 g/mol. The fourth-order valence-electron chi connectivity index (χ4n) is 7.28. The molecule has 10 aromatic rings. The maximum atomic E-state index is 6.56. The van der Waals surface area contributed by atoms with Gasteiger partial charge in [-0.15, -0.1) is 0 Å². The van der Waals surface area contributed by atoms with Gasteiger partial charge in [-0.3, -0.25) is 0 Å². The third kappa shape index (κ3) is 5.24. The first-order chi connectivity index (χ1) is 25.2. The average Bonchev–Trinajstić information content (AvgIpc) is 3.59. The number of nitrogens with zero attached hydrogens (tertiary/aromatic N) is 2. The zero-order chi connectivity index (χ0) is 33.7. The van der Waals surface area contributed by atoms with Gasteiger partial charge < -0.3 is 4.42 Å². The van der Waals surface area contributed by atoms with Gasteiger partial charge in [0.15, 0.2) is 5.82 Å². The third-order valence-electron chi connectivity index (χ3n) is 9.83. The Kier molecular flexibility index (Phi) is 6.81. The Morgan fingerprint density at radius 1 is 0.333 bits per heavy atom. The molecule has 8 aromatic carbocycles. The second kappa shape index (κ2) is 11.9. The highest BCUT2D eigenvalue weighted by atomic mass is 16.3. The van der Waals surface area contributed by atoms with Gasteiger partial charge in [-0.25, -0.2) is 9.97 Å². The highest BCUT2D eigenvalue weighted by Crippen LogP contribution is 2.41. The van der Waals surface area contributed by atoms with Crippen LogP contribution in [0.5, 0.6) is 0 Å². The number of benzene rings is 8. The number of hydrogen-bond donors (Lipinski definition) is 0. The van der Waals surface area contributed by atoms with Crippen molar-refractivity contribution in [3.05, 3.63) is 182 Å². The summed E-state index contributed by atoms with van der Waals surface area (Å²) in [6, 6.07) is 63.9. The van der Waals surface area contributed by atoms with Crippen molar-refractivity contribution in [3.8, 4) is 56.2 Å². The number of furan rings is 1. The van der Waals surface area contributed by atoms with Crippen molar-refractivity contribution in [1.82, 2.24) is 9.97 Å². The summed E-state index contributed by atoms with van der Waals surface area (Å²) in [7, 11) is 0. The van der Waals surface area contributed by atoms with Gasteiger partial charge in [0, 0.05) is 27.5 Å². The molecule has 2 aromatic heterocycles. The van der Waals surface area contributed by atoms with Gasteiger partial charge in [0.25, 0.3) is 0 Å². The Labute approximate surface area is 295 Å². The average molecular weight is 651 g/mol. The minimum Gasteiger partial charge on any atom is -0.456 e. The second-order valence-corrected chi connectivity index (χ2v) is 13.0. The van der Waals surface area contributed by atoms with Crippen molar-refractivity contribution >= 4 is 43.5 Å². The van der Waals surface area contributed by atoms with E-state index in [1.54, 1.807) is 0 Å². The van der Waals surface area contributed by atoms with Crippen molar-refractivity contribution in [2.45, 2.75) is 0 Å². The molecule has 0 unspecified atom stereocenters. The van der Waals surface area contributed by atoms with Crippen LogP contribution in [0.2, 0.25) is 0 Å². The SMILES string of the molecule is c1ccc(-c2cccc(-c3cc(-c4cc(-c5ccc6ccccc6c5)c5c(c4)oc4ccccc45)nc(-c4ccc5ccccc5c4)n3)c2)cc1. The van der Waals surface area contributed by atoms with Gasteiger partial charge in [-0.2, -0.15) is 0 Å². The smallest absolute Gasteiger partial charge is 0.160 e. The summed E-state index contributed by atoms with van der Waals surface area (Å²) in [5, 5.41) is 6.94. The maximum Gasteiger partial charge on any atom is 0.160 e. The van der Waals surface area contributed by atoms with Crippen LogP contribution in [0.4, 0.5) is 0 Å². The molecule has 0 fully saturated rings. The number of para-hydroxylation sites is 1. The number of aromatic nitrogens is 2.